The van der Waals surface area contributed by atoms with Crippen LogP contribution in [0.4, 0.5) is 0 Å². The molecule has 0 N–H and O–H groups in total. The van der Waals surface area contributed by atoms with Gasteiger partial charge in [-0.15, -0.1) is 6.58 Å². The summed E-state index contributed by atoms with van der Waals surface area (Å²) in [4.78, 5) is 0. The number of hydrogen-bond acceptors (Lipinski definition) is 1. The molecule has 0 spiro atoms. The van der Waals surface area contributed by atoms with Crippen molar-refractivity contribution in [2.24, 2.45) is 16.7 Å². The van der Waals surface area contributed by atoms with Crippen molar-refractivity contribution in [2.75, 3.05) is 0 Å². The van der Waals surface area contributed by atoms with Gasteiger partial charge in [-0.25, -0.2) is 0 Å². The fourth-order valence-electron chi connectivity index (χ4n) is 5.82. The number of hydrogen-bond donors (Lipinski definition) is 0. The maximum atomic E-state index is 6.71. The van der Waals surface area contributed by atoms with E-state index in [-0.39, 0.29) is 0 Å². The van der Waals surface area contributed by atoms with Crippen LogP contribution in [0.25, 0.3) is 0 Å². The highest BCUT2D eigenvalue weighted by Gasteiger charge is 2.69. The minimum absolute atomic E-state index is 0.308. The van der Waals surface area contributed by atoms with E-state index in [1.807, 2.05) is 0 Å². The molecule has 2 bridgehead atoms. The molecule has 0 unspecified atom stereocenters. The van der Waals surface area contributed by atoms with Crippen LogP contribution in [0.3, 0.4) is 0 Å². The summed E-state index contributed by atoms with van der Waals surface area (Å²) in [5.41, 5.74) is 2.73. The summed E-state index contributed by atoms with van der Waals surface area (Å²) in [5.74, 6) is 0.810. The van der Waals surface area contributed by atoms with Gasteiger partial charge in [0.1, 0.15) is 0 Å². The number of benzene rings is 1. The third-order valence-electron chi connectivity index (χ3n) is 7.61. The molecule has 1 nitrogen and oxygen atoms in total. The molecule has 4 atom stereocenters. The van der Waals surface area contributed by atoms with Crippen LogP contribution in [0.1, 0.15) is 39.2 Å². The Morgan fingerprint density at radius 1 is 1.21 bits per heavy atom. The minimum atomic E-state index is -1.40. The van der Waals surface area contributed by atoms with E-state index in [0.29, 0.717) is 16.9 Å². The summed E-state index contributed by atoms with van der Waals surface area (Å²) in [6.07, 6.45) is 5.25. The lowest BCUT2D eigenvalue weighted by molar-refractivity contribution is -0.0557. The smallest absolute Gasteiger partial charge is 0.0720 e. The van der Waals surface area contributed by atoms with Gasteiger partial charge in [0.05, 0.1) is 20.8 Å². The zero-order valence-corrected chi connectivity index (χ0v) is 17.1. The summed E-state index contributed by atoms with van der Waals surface area (Å²) < 4.78 is 6.71. The van der Waals surface area contributed by atoms with Crippen LogP contribution < -0.4 is 0 Å². The molecule has 3 rings (SSSR count). The van der Waals surface area contributed by atoms with Crippen LogP contribution in [0, 0.1) is 16.7 Å². The molecule has 0 radical (unpaired) electrons. The fourth-order valence-corrected chi connectivity index (χ4v) is 9.79. The molecule has 2 aliphatic rings. The monoisotopic (exact) mass is 342 g/mol. The highest BCUT2D eigenvalue weighted by atomic mass is 28.3. The molecule has 0 aliphatic heterocycles. The second-order valence-electron chi connectivity index (χ2n) is 9.51. The molecular formula is C22H34OSi. The Bertz CT molecular complexity index is 591. The summed E-state index contributed by atoms with van der Waals surface area (Å²) in [6.45, 7) is 17.4. The van der Waals surface area contributed by atoms with Crippen molar-refractivity contribution in [2.45, 2.75) is 71.0 Å². The largest absolute Gasteiger partial charge is 0.373 e. The predicted molar refractivity (Wildman–Crippen MR) is 106 cm³/mol. The Morgan fingerprint density at radius 2 is 1.88 bits per heavy atom. The average Bonchev–Trinajstić information content (AvgIpc) is 2.85. The molecule has 2 fully saturated rings. The topological polar surface area (TPSA) is 9.23 Å². The van der Waals surface area contributed by atoms with Gasteiger partial charge in [0, 0.05) is 0 Å². The number of ether oxygens (including phenoxy) is 1. The Hall–Kier alpha value is -0.863. The minimum Gasteiger partial charge on any atom is -0.373 e. The van der Waals surface area contributed by atoms with E-state index in [0.717, 1.165) is 18.1 Å². The van der Waals surface area contributed by atoms with E-state index in [9.17, 15) is 0 Å². The van der Waals surface area contributed by atoms with Gasteiger partial charge in [-0.05, 0) is 46.7 Å². The second-order valence-corrected chi connectivity index (χ2v) is 14.6. The zero-order chi connectivity index (χ0) is 17.6. The summed E-state index contributed by atoms with van der Waals surface area (Å²) in [5, 5.41) is 0. The molecule has 0 heterocycles. The van der Waals surface area contributed by atoms with Gasteiger partial charge in [-0.2, -0.15) is 0 Å². The molecule has 0 saturated heterocycles. The first kappa shape index (κ1) is 17.9. The van der Waals surface area contributed by atoms with E-state index in [1.165, 1.54) is 24.4 Å². The van der Waals surface area contributed by atoms with Crippen LogP contribution in [0.2, 0.25) is 24.7 Å². The Morgan fingerprint density at radius 3 is 2.50 bits per heavy atom. The first-order chi connectivity index (χ1) is 11.2. The Labute approximate surface area is 149 Å². The molecule has 1 aromatic carbocycles. The van der Waals surface area contributed by atoms with E-state index in [1.54, 1.807) is 0 Å². The lowest BCUT2D eigenvalue weighted by atomic mass is 9.70. The van der Waals surface area contributed by atoms with Crippen molar-refractivity contribution < 1.29 is 4.74 Å². The van der Waals surface area contributed by atoms with Crippen molar-refractivity contribution in [3.63, 3.8) is 0 Å². The normalized spacial score (nSPS) is 34.5. The van der Waals surface area contributed by atoms with Gasteiger partial charge < -0.3 is 4.74 Å². The quantitative estimate of drug-likeness (QED) is 0.436. The summed E-state index contributed by atoms with van der Waals surface area (Å²) in [6, 6.07) is 11.9. The van der Waals surface area contributed by atoms with Crippen LogP contribution >= 0.6 is 0 Å². The van der Waals surface area contributed by atoms with Crippen molar-refractivity contribution >= 4 is 8.07 Å². The van der Waals surface area contributed by atoms with E-state index < -0.39 is 8.07 Å². The fraction of sp³-hybridized carbons (Fsp3) is 0.636. The van der Waals surface area contributed by atoms with Gasteiger partial charge in [-0.1, -0.05) is 70.3 Å². The molecule has 2 saturated carbocycles. The Kier molecular flexibility index (Phi) is 4.59. The molecule has 0 amide bonds. The van der Waals surface area contributed by atoms with Crippen LogP contribution in [0.5, 0.6) is 0 Å². The molecule has 2 heteroatoms. The molecule has 24 heavy (non-hydrogen) atoms. The lowest BCUT2D eigenvalue weighted by Crippen LogP contribution is -2.46. The molecule has 132 valence electrons. The lowest BCUT2D eigenvalue weighted by Gasteiger charge is -2.44. The molecule has 2 aliphatic carbocycles. The maximum Gasteiger partial charge on any atom is 0.0720 e. The van der Waals surface area contributed by atoms with Crippen molar-refractivity contribution in [3.05, 3.63) is 48.6 Å². The Balaban J connectivity index is 1.89. The maximum absolute atomic E-state index is 6.71. The predicted octanol–water partition coefficient (Wildman–Crippen LogP) is 6.29. The standard InChI is InChI=1S/C22H34OSi/c1-7-15-24(5,6)19-18-13-14-22(4,21(18,2)3)20(19)23-16-17-11-9-8-10-12-17/h7-12,18-20H,1,13-16H2,2-6H3/t18-,19-,20-,22+/m0/s1. The third-order valence-corrected chi connectivity index (χ3v) is 11.5. The number of rotatable bonds is 6. The molecule has 0 aromatic heterocycles. The SMILES string of the molecule is C=CC[Si](C)(C)[C@H]1[C@@H]2CC[C@](C)([C@H]1OCc1ccccc1)C2(C)C. The van der Waals surface area contributed by atoms with Gasteiger partial charge in [0.2, 0.25) is 0 Å². The van der Waals surface area contributed by atoms with E-state index in [2.05, 4.69) is 76.9 Å². The first-order valence-electron chi connectivity index (χ1n) is 9.50. The first-order valence-corrected chi connectivity index (χ1v) is 12.8. The molecular weight excluding hydrogens is 308 g/mol. The highest BCUT2D eigenvalue weighted by molar-refractivity contribution is 6.79. The van der Waals surface area contributed by atoms with Crippen LogP contribution in [-0.2, 0) is 11.3 Å². The van der Waals surface area contributed by atoms with Crippen molar-refractivity contribution in [3.8, 4) is 0 Å². The third kappa shape index (κ3) is 2.63. The van der Waals surface area contributed by atoms with Gasteiger partial charge in [0.25, 0.3) is 0 Å². The van der Waals surface area contributed by atoms with Crippen LogP contribution in [0.15, 0.2) is 43.0 Å². The summed E-state index contributed by atoms with van der Waals surface area (Å²) >= 11 is 0. The zero-order valence-electron chi connectivity index (χ0n) is 16.1. The van der Waals surface area contributed by atoms with Gasteiger partial charge in [0.15, 0.2) is 0 Å². The number of fused-ring (bicyclic) bond motifs is 2. The van der Waals surface area contributed by atoms with Gasteiger partial charge in [-0.3, -0.25) is 0 Å². The van der Waals surface area contributed by atoms with Crippen LogP contribution in [-0.4, -0.2) is 14.2 Å². The second kappa shape index (κ2) is 6.14. The van der Waals surface area contributed by atoms with E-state index >= 15 is 0 Å². The average molecular weight is 343 g/mol. The van der Waals surface area contributed by atoms with Crippen molar-refractivity contribution in [1.29, 1.82) is 0 Å². The van der Waals surface area contributed by atoms with Gasteiger partial charge >= 0.3 is 0 Å². The molecule has 1 aromatic rings. The number of allylic oxidation sites excluding steroid dienone is 1. The summed E-state index contributed by atoms with van der Waals surface area (Å²) in [7, 11) is -1.40. The highest BCUT2D eigenvalue weighted by Crippen LogP contribution is 2.72. The van der Waals surface area contributed by atoms with Crippen molar-refractivity contribution in [1.82, 2.24) is 0 Å². The van der Waals surface area contributed by atoms with E-state index in [4.69, 9.17) is 4.74 Å².